The van der Waals surface area contributed by atoms with Gasteiger partial charge in [0.05, 0.1) is 35.3 Å². The van der Waals surface area contributed by atoms with Gasteiger partial charge in [-0.3, -0.25) is 0 Å². The van der Waals surface area contributed by atoms with Gasteiger partial charge in [-0.05, 0) is 62.2 Å². The summed E-state index contributed by atoms with van der Waals surface area (Å²) in [5.41, 5.74) is 2.58. The second-order valence-corrected chi connectivity index (χ2v) is 8.72. The van der Waals surface area contributed by atoms with Crippen molar-refractivity contribution in [3.63, 3.8) is 0 Å². The summed E-state index contributed by atoms with van der Waals surface area (Å²) in [5, 5.41) is 14.3. The Morgan fingerprint density at radius 2 is 1.94 bits per heavy atom. The zero-order valence-corrected chi connectivity index (χ0v) is 19.0. The molecule has 0 unspecified atom stereocenters. The van der Waals surface area contributed by atoms with Crippen LogP contribution in [-0.2, 0) is 6.54 Å². The number of furan rings is 1. The Morgan fingerprint density at radius 3 is 2.79 bits per heavy atom. The van der Waals surface area contributed by atoms with Gasteiger partial charge in [-0.2, -0.15) is 5.26 Å². The summed E-state index contributed by atoms with van der Waals surface area (Å²) in [7, 11) is 0. The molecule has 1 aliphatic heterocycles. The van der Waals surface area contributed by atoms with Crippen LogP contribution in [0.25, 0.3) is 21.9 Å². The van der Waals surface area contributed by atoms with Crippen LogP contribution in [0.5, 0.6) is 5.75 Å². The third kappa shape index (κ3) is 4.98. The van der Waals surface area contributed by atoms with E-state index in [1.807, 2.05) is 24.3 Å². The molecule has 1 aliphatic rings. The predicted molar refractivity (Wildman–Crippen MR) is 130 cm³/mol. The third-order valence-electron chi connectivity index (χ3n) is 6.41. The molecule has 0 saturated carbocycles. The van der Waals surface area contributed by atoms with Gasteiger partial charge >= 0.3 is 5.63 Å². The maximum atomic E-state index is 11.6. The normalized spacial score (nSPS) is 15.0. The van der Waals surface area contributed by atoms with Crippen molar-refractivity contribution in [2.75, 3.05) is 26.2 Å². The molecule has 1 saturated heterocycles. The number of ether oxygens (including phenoxy) is 1. The maximum Gasteiger partial charge on any atom is 0.336 e. The van der Waals surface area contributed by atoms with Crippen LogP contribution in [0.2, 0.25) is 0 Å². The van der Waals surface area contributed by atoms with Crippen LogP contribution in [0.4, 0.5) is 0 Å². The van der Waals surface area contributed by atoms with Gasteiger partial charge in [0.1, 0.15) is 16.9 Å². The maximum absolute atomic E-state index is 11.6. The summed E-state index contributed by atoms with van der Waals surface area (Å²) >= 11 is 0. The van der Waals surface area contributed by atoms with Gasteiger partial charge in [-0.25, -0.2) is 4.79 Å². The van der Waals surface area contributed by atoms with E-state index in [2.05, 4.69) is 22.4 Å². The van der Waals surface area contributed by atoms with Crippen molar-refractivity contribution in [1.82, 2.24) is 10.2 Å². The van der Waals surface area contributed by atoms with E-state index in [1.54, 1.807) is 18.4 Å². The molecule has 0 atom stereocenters. The first kappa shape index (κ1) is 22.2. The van der Waals surface area contributed by atoms with E-state index < -0.39 is 5.63 Å². The van der Waals surface area contributed by atoms with Crippen LogP contribution < -0.4 is 15.7 Å². The van der Waals surface area contributed by atoms with E-state index in [1.165, 1.54) is 6.07 Å². The van der Waals surface area contributed by atoms with Crippen molar-refractivity contribution in [3.05, 3.63) is 76.3 Å². The molecule has 2 aromatic heterocycles. The lowest BCUT2D eigenvalue weighted by atomic mass is 10.0. The average molecular weight is 458 g/mol. The molecule has 1 fully saturated rings. The van der Waals surface area contributed by atoms with Crippen molar-refractivity contribution < 1.29 is 13.6 Å². The Bertz CT molecular complexity index is 1380. The lowest BCUT2D eigenvalue weighted by Crippen LogP contribution is -2.42. The van der Waals surface area contributed by atoms with E-state index in [0.29, 0.717) is 35.1 Å². The Labute approximate surface area is 197 Å². The molecule has 0 spiro atoms. The zero-order valence-electron chi connectivity index (χ0n) is 19.0. The van der Waals surface area contributed by atoms with Gasteiger partial charge in [0.15, 0.2) is 0 Å². The van der Waals surface area contributed by atoms with E-state index >= 15 is 0 Å². The van der Waals surface area contributed by atoms with Gasteiger partial charge in [0.25, 0.3) is 0 Å². The topological polar surface area (TPSA) is 91.6 Å². The van der Waals surface area contributed by atoms with Gasteiger partial charge in [0, 0.05) is 31.3 Å². The number of piperidine rings is 1. The second kappa shape index (κ2) is 10.1. The van der Waals surface area contributed by atoms with Crippen LogP contribution in [0, 0.1) is 11.3 Å². The first-order valence-corrected chi connectivity index (χ1v) is 11.7. The predicted octanol–water partition coefficient (Wildman–Crippen LogP) is 4.43. The van der Waals surface area contributed by atoms with Crippen LogP contribution in [0.3, 0.4) is 0 Å². The number of nitrogens with one attached hydrogen (secondary N) is 1. The minimum Gasteiger partial charge on any atom is -0.492 e. The summed E-state index contributed by atoms with van der Waals surface area (Å²) in [4.78, 5) is 14.1. The van der Waals surface area contributed by atoms with Crippen molar-refractivity contribution in [1.29, 1.82) is 5.26 Å². The van der Waals surface area contributed by atoms with Crippen molar-refractivity contribution in [2.24, 2.45) is 0 Å². The highest BCUT2D eigenvalue weighted by Crippen LogP contribution is 2.35. The lowest BCUT2D eigenvalue weighted by Gasteiger charge is -2.32. The second-order valence-electron chi connectivity index (χ2n) is 8.72. The fourth-order valence-electron chi connectivity index (χ4n) is 4.60. The number of hydrogen-bond acceptors (Lipinski definition) is 7. The standard InChI is InChI=1S/C27H27N3O4/c28-17-19-3-1-4-20(15-19)18-29-21-7-11-30(12-8-21)10-2-13-33-27-22-5-6-26(31)34-25(22)16-24-23(27)9-14-32-24/h1,3-6,9,14-16,21,29H,2,7-8,10-13,18H2. The summed E-state index contributed by atoms with van der Waals surface area (Å²) in [6.07, 6.45) is 4.74. The van der Waals surface area contributed by atoms with E-state index in [-0.39, 0.29) is 0 Å². The molecule has 2 aromatic carbocycles. The van der Waals surface area contributed by atoms with E-state index in [0.717, 1.165) is 61.8 Å². The van der Waals surface area contributed by atoms with Gasteiger partial charge in [0.2, 0.25) is 0 Å². The largest absolute Gasteiger partial charge is 0.492 e. The molecule has 7 nitrogen and oxygen atoms in total. The molecule has 174 valence electrons. The summed E-state index contributed by atoms with van der Waals surface area (Å²) < 4.78 is 17.0. The Morgan fingerprint density at radius 1 is 1.09 bits per heavy atom. The molecule has 0 amide bonds. The Balaban J connectivity index is 1.09. The number of hydrogen-bond donors (Lipinski definition) is 1. The molecular weight excluding hydrogens is 430 g/mol. The lowest BCUT2D eigenvalue weighted by molar-refractivity contribution is 0.182. The molecule has 4 aromatic rings. The molecule has 34 heavy (non-hydrogen) atoms. The Kier molecular flexibility index (Phi) is 6.61. The SMILES string of the molecule is N#Cc1cccc(CNC2CCN(CCCOc3c4ccoc4cc4oc(=O)ccc34)CC2)c1. The minimum atomic E-state index is -0.391. The minimum absolute atomic E-state index is 0.391. The summed E-state index contributed by atoms with van der Waals surface area (Å²) in [6.45, 7) is 4.46. The number of nitrogens with zero attached hydrogens (tertiary/aromatic N) is 2. The van der Waals surface area contributed by atoms with Crippen LogP contribution >= 0.6 is 0 Å². The number of fused-ring (bicyclic) bond motifs is 2. The number of rotatable bonds is 8. The molecule has 0 bridgehead atoms. The highest BCUT2D eigenvalue weighted by Gasteiger charge is 2.19. The first-order chi connectivity index (χ1) is 16.7. The quantitative estimate of drug-likeness (QED) is 0.309. The van der Waals surface area contributed by atoms with Crippen LogP contribution in [-0.4, -0.2) is 37.2 Å². The van der Waals surface area contributed by atoms with Gasteiger partial charge in [-0.1, -0.05) is 12.1 Å². The fourth-order valence-corrected chi connectivity index (χ4v) is 4.60. The zero-order chi connectivity index (χ0) is 23.3. The smallest absolute Gasteiger partial charge is 0.336 e. The van der Waals surface area contributed by atoms with Gasteiger partial charge < -0.3 is 23.8 Å². The van der Waals surface area contributed by atoms with Crippen molar-refractivity contribution in [3.8, 4) is 11.8 Å². The van der Waals surface area contributed by atoms with Crippen molar-refractivity contribution in [2.45, 2.75) is 31.8 Å². The molecule has 0 aliphatic carbocycles. The highest BCUT2D eigenvalue weighted by atomic mass is 16.5. The van der Waals surface area contributed by atoms with E-state index in [9.17, 15) is 4.79 Å². The summed E-state index contributed by atoms with van der Waals surface area (Å²) in [6, 6.07) is 17.2. The number of benzene rings is 2. The molecule has 3 heterocycles. The van der Waals surface area contributed by atoms with Crippen LogP contribution in [0.1, 0.15) is 30.4 Å². The Hall–Kier alpha value is -3.60. The number of nitriles is 1. The van der Waals surface area contributed by atoms with E-state index in [4.69, 9.17) is 18.8 Å². The first-order valence-electron chi connectivity index (χ1n) is 11.7. The molecular formula is C27H27N3O4. The number of likely N-dealkylation sites (tertiary alicyclic amines) is 1. The molecule has 7 heteroatoms. The monoisotopic (exact) mass is 457 g/mol. The fraction of sp³-hybridized carbons (Fsp3) is 0.333. The highest BCUT2D eigenvalue weighted by molar-refractivity contribution is 6.01. The van der Waals surface area contributed by atoms with Crippen LogP contribution in [0.15, 0.2) is 68.4 Å². The average Bonchev–Trinajstić information content (AvgIpc) is 3.33. The molecule has 0 radical (unpaired) electrons. The van der Waals surface area contributed by atoms with Crippen molar-refractivity contribution >= 4 is 21.9 Å². The third-order valence-corrected chi connectivity index (χ3v) is 6.41. The molecule has 5 rings (SSSR count). The van der Waals surface area contributed by atoms with Gasteiger partial charge in [-0.15, -0.1) is 0 Å². The summed E-state index contributed by atoms with van der Waals surface area (Å²) in [5.74, 6) is 0.702. The molecule has 1 N–H and O–H groups in total.